The SMILES string of the molecule is CC(=O)N1CCC(O)(c2ncc(-c3nc(-c4ccc(C5(N)CC(C)(O)C5)cc4)c(-c4ccccc4)s3)s2)CC1. The van der Waals surface area contributed by atoms with Gasteiger partial charge in [-0.25, -0.2) is 9.97 Å². The third kappa shape index (κ3) is 4.94. The summed E-state index contributed by atoms with van der Waals surface area (Å²) in [6.07, 6.45) is 3.84. The molecule has 2 aliphatic rings. The lowest BCUT2D eigenvalue weighted by molar-refractivity contribution is -0.133. The van der Waals surface area contributed by atoms with Crippen LogP contribution in [0.3, 0.4) is 0 Å². The van der Waals surface area contributed by atoms with Gasteiger partial charge in [0.05, 0.1) is 21.0 Å². The summed E-state index contributed by atoms with van der Waals surface area (Å²) in [4.78, 5) is 25.2. The topological polar surface area (TPSA) is 113 Å². The highest BCUT2D eigenvalue weighted by Crippen LogP contribution is 2.47. The molecule has 0 atom stereocenters. The fourth-order valence-electron chi connectivity index (χ4n) is 5.87. The number of carbonyl (C=O) groups is 1. The summed E-state index contributed by atoms with van der Waals surface area (Å²) in [6, 6.07) is 18.4. The van der Waals surface area contributed by atoms with Gasteiger partial charge >= 0.3 is 0 Å². The zero-order chi connectivity index (χ0) is 27.4. The van der Waals surface area contributed by atoms with Crippen LogP contribution in [-0.4, -0.2) is 49.7 Å². The maximum Gasteiger partial charge on any atom is 0.219 e. The molecule has 1 aliphatic carbocycles. The van der Waals surface area contributed by atoms with E-state index < -0.39 is 16.7 Å². The second kappa shape index (κ2) is 9.60. The third-order valence-electron chi connectivity index (χ3n) is 7.94. The monoisotopic (exact) mass is 560 g/mol. The van der Waals surface area contributed by atoms with Crippen molar-refractivity contribution in [2.75, 3.05) is 13.1 Å². The average Bonchev–Trinajstić information content (AvgIpc) is 3.57. The fourth-order valence-corrected chi connectivity index (χ4v) is 8.07. The molecule has 0 radical (unpaired) electrons. The van der Waals surface area contributed by atoms with E-state index in [1.54, 1.807) is 29.4 Å². The molecule has 1 amide bonds. The van der Waals surface area contributed by atoms with Crippen molar-refractivity contribution >= 4 is 28.6 Å². The molecule has 2 aromatic heterocycles. The molecule has 2 fully saturated rings. The van der Waals surface area contributed by atoms with Gasteiger partial charge in [-0.1, -0.05) is 54.6 Å². The van der Waals surface area contributed by atoms with Crippen LogP contribution in [0.4, 0.5) is 0 Å². The molecule has 1 aliphatic heterocycles. The van der Waals surface area contributed by atoms with Crippen LogP contribution in [0, 0.1) is 0 Å². The molecule has 0 bridgehead atoms. The van der Waals surface area contributed by atoms with Crippen LogP contribution in [0.1, 0.15) is 50.1 Å². The molecule has 4 N–H and O–H groups in total. The molecule has 3 heterocycles. The number of likely N-dealkylation sites (tertiary alicyclic amines) is 1. The number of nitrogens with two attached hydrogens (primary N) is 1. The van der Waals surface area contributed by atoms with E-state index in [1.807, 2.05) is 37.3 Å². The Bertz CT molecular complexity index is 1490. The number of carbonyl (C=O) groups excluding carboxylic acids is 1. The van der Waals surface area contributed by atoms with Gasteiger partial charge in [0.1, 0.15) is 15.6 Å². The molecular weight excluding hydrogens is 528 g/mol. The molecule has 0 spiro atoms. The smallest absolute Gasteiger partial charge is 0.219 e. The van der Waals surface area contributed by atoms with Crippen molar-refractivity contribution in [3.05, 3.63) is 71.4 Å². The number of aliphatic hydroxyl groups is 2. The molecule has 4 aromatic rings. The van der Waals surface area contributed by atoms with Crippen LogP contribution in [0.25, 0.3) is 31.6 Å². The molecule has 39 heavy (non-hydrogen) atoms. The number of nitrogens with zero attached hydrogens (tertiary/aromatic N) is 3. The van der Waals surface area contributed by atoms with Crippen LogP contribution in [0.2, 0.25) is 0 Å². The van der Waals surface area contributed by atoms with Crippen molar-refractivity contribution in [2.45, 2.75) is 56.3 Å². The van der Waals surface area contributed by atoms with E-state index in [9.17, 15) is 15.0 Å². The van der Waals surface area contributed by atoms with Crippen molar-refractivity contribution in [2.24, 2.45) is 5.73 Å². The maximum absolute atomic E-state index is 11.7. The maximum atomic E-state index is 11.7. The molecule has 7 nitrogen and oxygen atoms in total. The average molecular weight is 561 g/mol. The first-order chi connectivity index (χ1) is 18.6. The number of benzene rings is 2. The number of amides is 1. The normalized spacial score (nSPS) is 24.4. The van der Waals surface area contributed by atoms with E-state index >= 15 is 0 Å². The molecule has 202 valence electrons. The zero-order valence-electron chi connectivity index (χ0n) is 22.1. The minimum atomic E-state index is -1.03. The Hall–Kier alpha value is -2.95. The number of hydrogen-bond acceptors (Lipinski definition) is 8. The Balaban J connectivity index is 1.32. The molecule has 2 aromatic carbocycles. The zero-order valence-corrected chi connectivity index (χ0v) is 23.7. The largest absolute Gasteiger partial charge is 0.390 e. The van der Waals surface area contributed by atoms with Gasteiger partial charge < -0.3 is 20.8 Å². The summed E-state index contributed by atoms with van der Waals surface area (Å²) in [5, 5.41) is 23.1. The summed E-state index contributed by atoms with van der Waals surface area (Å²) < 4.78 is 0. The van der Waals surface area contributed by atoms with E-state index in [2.05, 4.69) is 29.2 Å². The Labute approximate surface area is 236 Å². The number of piperidine rings is 1. The van der Waals surface area contributed by atoms with Crippen LogP contribution >= 0.6 is 22.7 Å². The predicted octanol–water partition coefficient (Wildman–Crippen LogP) is 5.13. The molecule has 6 rings (SSSR count). The highest BCUT2D eigenvalue weighted by atomic mass is 32.1. The second-order valence-electron chi connectivity index (χ2n) is 11.2. The Kier molecular flexibility index (Phi) is 6.47. The van der Waals surface area contributed by atoms with Crippen molar-refractivity contribution in [3.8, 4) is 31.6 Å². The van der Waals surface area contributed by atoms with Gasteiger partial charge in [0, 0.05) is 50.2 Å². The number of hydrogen-bond donors (Lipinski definition) is 3. The fraction of sp³-hybridized carbons (Fsp3) is 0.367. The lowest BCUT2D eigenvalue weighted by Crippen LogP contribution is -2.58. The van der Waals surface area contributed by atoms with E-state index in [4.69, 9.17) is 10.7 Å². The first-order valence-corrected chi connectivity index (χ1v) is 14.8. The minimum Gasteiger partial charge on any atom is -0.390 e. The van der Waals surface area contributed by atoms with Crippen molar-refractivity contribution in [3.63, 3.8) is 0 Å². The summed E-state index contributed by atoms with van der Waals surface area (Å²) in [5.74, 6) is 0.0369. The van der Waals surface area contributed by atoms with Gasteiger partial charge in [-0.3, -0.25) is 4.79 Å². The van der Waals surface area contributed by atoms with Gasteiger partial charge in [0.15, 0.2) is 0 Å². The van der Waals surface area contributed by atoms with Gasteiger partial charge in [-0.05, 0) is 30.9 Å². The summed E-state index contributed by atoms with van der Waals surface area (Å²) in [6.45, 7) is 4.44. The van der Waals surface area contributed by atoms with Crippen molar-refractivity contribution in [1.29, 1.82) is 0 Å². The standard InChI is InChI=1S/C30H32N4O3S2/c1-19(35)34-14-12-30(37,13-15-34)27-32-16-23(38-27)26-33-24(25(39-26)21-6-4-3-5-7-21)20-8-10-22(11-9-20)29(31)17-28(2,36)18-29/h3-11,16,36-37H,12-15,17-18,31H2,1-2H3. The quantitative estimate of drug-likeness (QED) is 0.312. The van der Waals surface area contributed by atoms with Gasteiger partial charge in [-0.2, -0.15) is 0 Å². The van der Waals surface area contributed by atoms with E-state index in [-0.39, 0.29) is 5.91 Å². The summed E-state index contributed by atoms with van der Waals surface area (Å²) in [7, 11) is 0. The number of aromatic nitrogens is 2. The minimum absolute atomic E-state index is 0.0369. The number of thiazole rings is 2. The molecule has 1 saturated carbocycles. The third-order valence-corrected chi connectivity index (χ3v) is 10.4. The van der Waals surface area contributed by atoms with Crippen LogP contribution in [0.5, 0.6) is 0 Å². The lowest BCUT2D eigenvalue weighted by Gasteiger charge is -2.49. The Morgan fingerprint density at radius 2 is 1.64 bits per heavy atom. The molecular formula is C30H32N4O3S2. The molecule has 1 saturated heterocycles. The highest BCUT2D eigenvalue weighted by molar-refractivity contribution is 7.23. The number of rotatable bonds is 5. The van der Waals surface area contributed by atoms with E-state index in [0.717, 1.165) is 37.1 Å². The van der Waals surface area contributed by atoms with Gasteiger partial charge in [0.2, 0.25) is 5.91 Å². The first-order valence-electron chi connectivity index (χ1n) is 13.2. The summed E-state index contributed by atoms with van der Waals surface area (Å²) in [5.41, 5.74) is 8.32. The van der Waals surface area contributed by atoms with Gasteiger partial charge in [0.25, 0.3) is 0 Å². The van der Waals surface area contributed by atoms with E-state index in [1.165, 1.54) is 11.3 Å². The van der Waals surface area contributed by atoms with E-state index in [0.29, 0.717) is 43.8 Å². The van der Waals surface area contributed by atoms with Crippen LogP contribution in [-0.2, 0) is 15.9 Å². The Morgan fingerprint density at radius 1 is 0.974 bits per heavy atom. The van der Waals surface area contributed by atoms with Crippen LogP contribution in [0.15, 0.2) is 60.8 Å². The lowest BCUT2D eigenvalue weighted by atomic mass is 9.63. The first kappa shape index (κ1) is 26.3. The molecule has 9 heteroatoms. The van der Waals surface area contributed by atoms with Crippen molar-refractivity contribution in [1.82, 2.24) is 14.9 Å². The highest BCUT2D eigenvalue weighted by Gasteiger charge is 2.49. The van der Waals surface area contributed by atoms with Crippen molar-refractivity contribution < 1.29 is 15.0 Å². The molecule has 0 unspecified atom stereocenters. The summed E-state index contributed by atoms with van der Waals surface area (Å²) >= 11 is 3.09. The van der Waals surface area contributed by atoms with Crippen LogP contribution < -0.4 is 5.73 Å². The predicted molar refractivity (Wildman–Crippen MR) is 155 cm³/mol. The Morgan fingerprint density at radius 3 is 2.26 bits per heavy atom. The van der Waals surface area contributed by atoms with Gasteiger partial charge in [-0.15, -0.1) is 22.7 Å². The second-order valence-corrected chi connectivity index (χ2v) is 13.2.